The Morgan fingerprint density at radius 1 is 0.897 bits per heavy atom. The molecule has 0 aliphatic heterocycles. The number of carbonyl (C=O) groups excluding carboxylic acids is 1. The Balaban J connectivity index is 1.69. The number of anilines is 1. The number of nitrogens with zero attached hydrogens (tertiary/aromatic N) is 1. The number of aromatic nitrogens is 1. The predicted octanol–water partition coefficient (Wildman–Crippen LogP) is 4.77. The molecule has 0 saturated heterocycles. The van der Waals surface area contributed by atoms with Gasteiger partial charge in [0.25, 0.3) is 0 Å². The molecule has 1 N–H and O–H groups in total. The molecule has 0 bridgehead atoms. The molecule has 0 radical (unpaired) electrons. The minimum atomic E-state index is -3.71. The van der Waals surface area contributed by atoms with Crippen LogP contribution in [-0.2, 0) is 21.2 Å². The molecule has 0 aliphatic carbocycles. The Bertz CT molecular complexity index is 1280. The topological polar surface area (TPSA) is 68.2 Å². The SMILES string of the molecule is O=C(Cn1cc(S(=O)(=O)c2ccccc2)c2ccccc21)Nc1ccc(Cl)cc1. The lowest BCUT2D eigenvalue weighted by Crippen LogP contribution is -2.18. The van der Waals surface area contributed by atoms with Crippen LogP contribution in [0.2, 0.25) is 5.02 Å². The highest BCUT2D eigenvalue weighted by Crippen LogP contribution is 2.30. The molecule has 0 atom stereocenters. The molecule has 5 nitrogen and oxygen atoms in total. The van der Waals surface area contributed by atoms with E-state index < -0.39 is 9.84 Å². The number of nitrogens with one attached hydrogen (secondary N) is 1. The average molecular weight is 425 g/mol. The Kier molecular flexibility index (Phi) is 5.13. The number of hydrogen-bond acceptors (Lipinski definition) is 3. The third-order valence-electron chi connectivity index (χ3n) is 4.54. The van der Waals surface area contributed by atoms with Gasteiger partial charge in [0.1, 0.15) is 6.54 Å². The van der Waals surface area contributed by atoms with E-state index in [0.29, 0.717) is 21.6 Å². The molecule has 4 aromatic rings. The normalized spacial score (nSPS) is 11.5. The van der Waals surface area contributed by atoms with Crippen LogP contribution in [0.25, 0.3) is 10.9 Å². The van der Waals surface area contributed by atoms with E-state index in [1.165, 1.54) is 6.20 Å². The van der Waals surface area contributed by atoms with Crippen LogP contribution >= 0.6 is 11.6 Å². The van der Waals surface area contributed by atoms with Crippen molar-refractivity contribution in [1.82, 2.24) is 4.57 Å². The van der Waals surface area contributed by atoms with Gasteiger partial charge in [-0.15, -0.1) is 0 Å². The van der Waals surface area contributed by atoms with E-state index >= 15 is 0 Å². The van der Waals surface area contributed by atoms with Crippen molar-refractivity contribution < 1.29 is 13.2 Å². The molecule has 1 amide bonds. The van der Waals surface area contributed by atoms with Gasteiger partial charge in [0.05, 0.1) is 9.79 Å². The molecule has 0 unspecified atom stereocenters. The molecule has 0 spiro atoms. The summed E-state index contributed by atoms with van der Waals surface area (Å²) in [5.41, 5.74) is 1.29. The molecule has 0 fully saturated rings. The molecule has 1 aromatic heterocycles. The highest BCUT2D eigenvalue weighted by Gasteiger charge is 2.23. The van der Waals surface area contributed by atoms with Crippen LogP contribution in [0, 0.1) is 0 Å². The summed E-state index contributed by atoms with van der Waals surface area (Å²) < 4.78 is 27.9. The maximum absolute atomic E-state index is 13.1. The summed E-state index contributed by atoms with van der Waals surface area (Å²) in [5, 5.41) is 3.95. The van der Waals surface area contributed by atoms with E-state index in [1.807, 2.05) is 6.07 Å². The number of carbonyl (C=O) groups is 1. The van der Waals surface area contributed by atoms with Crippen molar-refractivity contribution in [3.8, 4) is 0 Å². The monoisotopic (exact) mass is 424 g/mol. The highest BCUT2D eigenvalue weighted by atomic mass is 35.5. The number of fused-ring (bicyclic) bond motifs is 1. The summed E-state index contributed by atoms with van der Waals surface area (Å²) >= 11 is 5.87. The van der Waals surface area contributed by atoms with Gasteiger partial charge >= 0.3 is 0 Å². The number of amides is 1. The van der Waals surface area contributed by atoms with Crippen molar-refractivity contribution in [3.05, 3.63) is 90.1 Å². The number of hydrogen-bond donors (Lipinski definition) is 1. The quantitative estimate of drug-likeness (QED) is 0.502. The van der Waals surface area contributed by atoms with E-state index in [-0.39, 0.29) is 22.2 Å². The summed E-state index contributed by atoms with van der Waals surface area (Å²) in [4.78, 5) is 12.9. The van der Waals surface area contributed by atoms with Gasteiger partial charge in [0, 0.05) is 27.8 Å². The molecule has 0 aliphatic rings. The van der Waals surface area contributed by atoms with Crippen LogP contribution < -0.4 is 5.32 Å². The molecule has 3 aromatic carbocycles. The molecular weight excluding hydrogens is 408 g/mol. The zero-order chi connectivity index (χ0) is 20.4. The van der Waals surface area contributed by atoms with Gasteiger partial charge in [0.15, 0.2) is 0 Å². The molecule has 29 heavy (non-hydrogen) atoms. The molecule has 146 valence electrons. The second kappa shape index (κ2) is 7.73. The van der Waals surface area contributed by atoms with E-state index in [1.54, 1.807) is 77.4 Å². The van der Waals surface area contributed by atoms with Crippen molar-refractivity contribution in [3.63, 3.8) is 0 Å². The highest BCUT2D eigenvalue weighted by molar-refractivity contribution is 7.91. The number of halogens is 1. The van der Waals surface area contributed by atoms with Crippen LogP contribution in [0.4, 0.5) is 5.69 Å². The molecule has 1 heterocycles. The Hall–Kier alpha value is -3.09. The first-order valence-electron chi connectivity index (χ1n) is 8.88. The minimum absolute atomic E-state index is 0.0204. The zero-order valence-electron chi connectivity index (χ0n) is 15.2. The molecule has 4 rings (SSSR count). The van der Waals surface area contributed by atoms with Gasteiger partial charge in [-0.1, -0.05) is 48.0 Å². The lowest BCUT2D eigenvalue weighted by molar-refractivity contribution is -0.116. The smallest absolute Gasteiger partial charge is 0.244 e. The molecular formula is C22H17ClN2O3S. The van der Waals surface area contributed by atoms with E-state index in [2.05, 4.69) is 5.32 Å². The summed E-state index contributed by atoms with van der Waals surface area (Å²) in [7, 11) is -3.71. The lowest BCUT2D eigenvalue weighted by atomic mass is 10.2. The van der Waals surface area contributed by atoms with Crippen LogP contribution in [0.5, 0.6) is 0 Å². The second-order valence-electron chi connectivity index (χ2n) is 6.51. The second-order valence-corrected chi connectivity index (χ2v) is 8.86. The van der Waals surface area contributed by atoms with Gasteiger partial charge < -0.3 is 9.88 Å². The first kappa shape index (κ1) is 19.2. The van der Waals surface area contributed by atoms with Gasteiger partial charge in [-0.3, -0.25) is 4.79 Å². The third kappa shape index (κ3) is 3.90. The van der Waals surface area contributed by atoms with Crippen molar-refractivity contribution in [1.29, 1.82) is 0 Å². The number of para-hydroxylation sites is 1. The number of sulfone groups is 1. The van der Waals surface area contributed by atoms with Gasteiger partial charge in [-0.25, -0.2) is 8.42 Å². The van der Waals surface area contributed by atoms with Crippen molar-refractivity contribution >= 4 is 43.9 Å². The standard InChI is InChI=1S/C22H17ClN2O3S/c23-16-10-12-17(13-11-16)24-22(26)15-25-14-21(19-8-4-5-9-20(19)25)29(27,28)18-6-2-1-3-7-18/h1-14H,15H2,(H,24,26). The van der Waals surface area contributed by atoms with Crippen LogP contribution in [0.15, 0.2) is 94.9 Å². The number of rotatable bonds is 5. The maximum atomic E-state index is 13.1. The van der Waals surface area contributed by atoms with E-state index in [0.717, 1.165) is 0 Å². The number of benzene rings is 3. The van der Waals surface area contributed by atoms with Crippen LogP contribution in [0.3, 0.4) is 0 Å². The van der Waals surface area contributed by atoms with Crippen molar-refractivity contribution in [2.75, 3.05) is 5.32 Å². The Morgan fingerprint density at radius 2 is 1.55 bits per heavy atom. The average Bonchev–Trinajstić information content (AvgIpc) is 3.10. The summed E-state index contributed by atoms with van der Waals surface area (Å²) in [5.74, 6) is -0.267. The first-order valence-corrected chi connectivity index (χ1v) is 10.7. The van der Waals surface area contributed by atoms with Gasteiger partial charge in [-0.2, -0.15) is 0 Å². The van der Waals surface area contributed by atoms with E-state index in [4.69, 9.17) is 11.6 Å². The first-order chi connectivity index (χ1) is 13.9. The largest absolute Gasteiger partial charge is 0.337 e. The fraction of sp³-hybridized carbons (Fsp3) is 0.0455. The van der Waals surface area contributed by atoms with Crippen molar-refractivity contribution in [2.45, 2.75) is 16.3 Å². The third-order valence-corrected chi connectivity index (χ3v) is 6.59. The fourth-order valence-corrected chi connectivity index (χ4v) is 4.80. The predicted molar refractivity (Wildman–Crippen MR) is 114 cm³/mol. The summed E-state index contributed by atoms with van der Waals surface area (Å²) in [6.45, 7) is -0.0204. The molecule has 0 saturated carbocycles. The summed E-state index contributed by atoms with van der Waals surface area (Å²) in [6, 6.07) is 22.2. The molecule has 7 heteroatoms. The maximum Gasteiger partial charge on any atom is 0.244 e. The fourth-order valence-electron chi connectivity index (χ4n) is 3.17. The zero-order valence-corrected chi connectivity index (χ0v) is 16.8. The Labute approximate surface area is 173 Å². The van der Waals surface area contributed by atoms with E-state index in [9.17, 15) is 13.2 Å². The lowest BCUT2D eigenvalue weighted by Gasteiger charge is -2.07. The van der Waals surface area contributed by atoms with Crippen LogP contribution in [-0.4, -0.2) is 18.9 Å². The minimum Gasteiger partial charge on any atom is -0.337 e. The summed E-state index contributed by atoms with van der Waals surface area (Å²) in [6.07, 6.45) is 1.52. The van der Waals surface area contributed by atoms with Gasteiger partial charge in [-0.05, 0) is 42.5 Å². The van der Waals surface area contributed by atoms with Gasteiger partial charge in [0.2, 0.25) is 15.7 Å². The van der Waals surface area contributed by atoms with Crippen LogP contribution in [0.1, 0.15) is 0 Å². The van der Waals surface area contributed by atoms with Crippen molar-refractivity contribution in [2.24, 2.45) is 0 Å². The Morgan fingerprint density at radius 3 is 2.28 bits per heavy atom.